The van der Waals surface area contributed by atoms with Crippen LogP contribution in [0.5, 0.6) is 0 Å². The minimum absolute atomic E-state index is 0.0970. The van der Waals surface area contributed by atoms with Gasteiger partial charge in [-0.3, -0.25) is 9.69 Å². The standard InChI is InChI=1S/C18H30N4O3S/c1-14-4-6-17(7-5-14)26(24,25)20-8-9-21-10-12-22(13-11-21)18(23)15(2)16(3)19/h4-7,15-16,20H,8-13,19H2,1-3H3. The van der Waals surface area contributed by atoms with E-state index in [9.17, 15) is 13.2 Å². The molecule has 3 N–H and O–H groups in total. The Balaban J connectivity index is 1.76. The molecule has 0 radical (unpaired) electrons. The van der Waals surface area contributed by atoms with Gasteiger partial charge in [0, 0.05) is 45.3 Å². The first kappa shape index (κ1) is 20.8. The van der Waals surface area contributed by atoms with Crippen LogP contribution in [0, 0.1) is 12.8 Å². The number of hydrogen-bond acceptors (Lipinski definition) is 5. The highest BCUT2D eigenvalue weighted by Crippen LogP contribution is 2.11. The minimum atomic E-state index is -3.48. The van der Waals surface area contributed by atoms with Gasteiger partial charge in [0.2, 0.25) is 15.9 Å². The largest absolute Gasteiger partial charge is 0.340 e. The number of carbonyl (C=O) groups excluding carboxylic acids is 1. The molecule has 1 heterocycles. The Morgan fingerprint density at radius 1 is 1.15 bits per heavy atom. The Kier molecular flexibility index (Phi) is 7.16. The van der Waals surface area contributed by atoms with Gasteiger partial charge < -0.3 is 10.6 Å². The van der Waals surface area contributed by atoms with Crippen molar-refractivity contribution in [3.8, 4) is 0 Å². The van der Waals surface area contributed by atoms with Crippen molar-refractivity contribution >= 4 is 15.9 Å². The van der Waals surface area contributed by atoms with E-state index in [-0.39, 0.29) is 22.8 Å². The molecule has 1 amide bonds. The zero-order valence-corrected chi connectivity index (χ0v) is 16.6. The Labute approximate surface area is 156 Å². The average molecular weight is 383 g/mol. The molecule has 0 saturated carbocycles. The van der Waals surface area contributed by atoms with Crippen LogP contribution in [-0.2, 0) is 14.8 Å². The number of aryl methyl sites for hydroxylation is 1. The number of hydrogen-bond donors (Lipinski definition) is 2. The summed E-state index contributed by atoms with van der Waals surface area (Å²) < 4.78 is 27.2. The molecule has 0 aromatic heterocycles. The third-order valence-corrected chi connectivity index (χ3v) is 6.39. The van der Waals surface area contributed by atoms with Gasteiger partial charge in [0.15, 0.2) is 0 Å². The number of piperazine rings is 1. The van der Waals surface area contributed by atoms with E-state index in [0.29, 0.717) is 26.2 Å². The van der Waals surface area contributed by atoms with Crippen molar-refractivity contribution in [1.82, 2.24) is 14.5 Å². The molecule has 0 aliphatic carbocycles. The van der Waals surface area contributed by atoms with Crippen molar-refractivity contribution in [3.63, 3.8) is 0 Å². The Morgan fingerprint density at radius 3 is 2.27 bits per heavy atom. The average Bonchev–Trinajstić information content (AvgIpc) is 2.61. The lowest BCUT2D eigenvalue weighted by molar-refractivity contribution is -0.137. The van der Waals surface area contributed by atoms with Gasteiger partial charge in [0.1, 0.15) is 0 Å². The number of nitrogens with one attached hydrogen (secondary N) is 1. The van der Waals surface area contributed by atoms with Gasteiger partial charge in [0.05, 0.1) is 10.8 Å². The summed E-state index contributed by atoms with van der Waals surface area (Å²) in [6, 6.07) is 6.64. The molecule has 1 aliphatic heterocycles. The number of carbonyl (C=O) groups is 1. The number of nitrogens with zero attached hydrogens (tertiary/aromatic N) is 2. The molecular formula is C18H30N4O3S. The van der Waals surface area contributed by atoms with Gasteiger partial charge in [-0.1, -0.05) is 24.6 Å². The summed E-state index contributed by atoms with van der Waals surface area (Å²) in [6.07, 6.45) is 0. The molecule has 7 nitrogen and oxygen atoms in total. The number of benzene rings is 1. The van der Waals surface area contributed by atoms with Crippen molar-refractivity contribution in [2.75, 3.05) is 39.3 Å². The molecule has 1 aliphatic rings. The third-order valence-electron chi connectivity index (χ3n) is 4.91. The van der Waals surface area contributed by atoms with Gasteiger partial charge in [0.25, 0.3) is 0 Å². The summed E-state index contributed by atoms with van der Waals surface area (Å²) in [5.41, 5.74) is 6.83. The fraction of sp³-hybridized carbons (Fsp3) is 0.611. The van der Waals surface area contributed by atoms with Crippen molar-refractivity contribution in [3.05, 3.63) is 29.8 Å². The van der Waals surface area contributed by atoms with E-state index in [2.05, 4.69) is 9.62 Å². The Hall–Kier alpha value is -1.48. The molecular weight excluding hydrogens is 352 g/mol. The molecule has 0 spiro atoms. The highest BCUT2D eigenvalue weighted by Gasteiger charge is 2.26. The van der Waals surface area contributed by atoms with Crippen LogP contribution in [0.25, 0.3) is 0 Å². The number of nitrogens with two attached hydrogens (primary N) is 1. The molecule has 2 unspecified atom stereocenters. The lowest BCUT2D eigenvalue weighted by Crippen LogP contribution is -2.52. The number of sulfonamides is 1. The highest BCUT2D eigenvalue weighted by atomic mass is 32.2. The van der Waals surface area contributed by atoms with Crippen molar-refractivity contribution in [2.24, 2.45) is 11.7 Å². The summed E-state index contributed by atoms with van der Waals surface area (Å²) in [4.78, 5) is 16.6. The molecule has 1 aromatic rings. The van der Waals surface area contributed by atoms with Gasteiger partial charge in [-0.15, -0.1) is 0 Å². The first-order chi connectivity index (χ1) is 12.2. The monoisotopic (exact) mass is 382 g/mol. The SMILES string of the molecule is Cc1ccc(S(=O)(=O)NCCN2CCN(C(=O)C(C)C(C)N)CC2)cc1. The van der Waals surface area contributed by atoms with E-state index in [1.807, 2.05) is 25.7 Å². The van der Waals surface area contributed by atoms with Gasteiger partial charge in [-0.25, -0.2) is 13.1 Å². The summed E-state index contributed by atoms with van der Waals surface area (Å²) >= 11 is 0. The third kappa shape index (κ3) is 5.51. The zero-order chi connectivity index (χ0) is 19.3. The highest BCUT2D eigenvalue weighted by molar-refractivity contribution is 7.89. The minimum Gasteiger partial charge on any atom is -0.340 e. The zero-order valence-electron chi connectivity index (χ0n) is 15.8. The topological polar surface area (TPSA) is 95.7 Å². The van der Waals surface area contributed by atoms with E-state index in [1.54, 1.807) is 24.3 Å². The lowest BCUT2D eigenvalue weighted by Gasteiger charge is -2.36. The van der Waals surface area contributed by atoms with Crippen molar-refractivity contribution < 1.29 is 13.2 Å². The van der Waals surface area contributed by atoms with Crippen LogP contribution in [0.4, 0.5) is 0 Å². The molecule has 2 rings (SSSR count). The van der Waals surface area contributed by atoms with Crippen molar-refractivity contribution in [1.29, 1.82) is 0 Å². The Morgan fingerprint density at radius 2 is 1.73 bits per heavy atom. The lowest BCUT2D eigenvalue weighted by atomic mass is 10.0. The first-order valence-electron chi connectivity index (χ1n) is 9.04. The Bertz CT molecular complexity index is 696. The van der Waals surface area contributed by atoms with Gasteiger partial charge in [-0.05, 0) is 26.0 Å². The van der Waals surface area contributed by atoms with E-state index >= 15 is 0 Å². The summed E-state index contributed by atoms with van der Waals surface area (Å²) in [5, 5.41) is 0. The van der Waals surface area contributed by atoms with E-state index < -0.39 is 10.0 Å². The summed E-state index contributed by atoms with van der Waals surface area (Å²) in [5.74, 6) is -0.0809. The second-order valence-electron chi connectivity index (χ2n) is 7.03. The van der Waals surface area contributed by atoms with Crippen LogP contribution in [0.3, 0.4) is 0 Å². The molecule has 26 heavy (non-hydrogen) atoms. The molecule has 8 heteroatoms. The number of amides is 1. The second-order valence-corrected chi connectivity index (χ2v) is 8.79. The smallest absolute Gasteiger partial charge is 0.240 e. The molecule has 0 bridgehead atoms. The molecule has 2 atom stereocenters. The molecule has 146 valence electrons. The van der Waals surface area contributed by atoms with Crippen LogP contribution >= 0.6 is 0 Å². The maximum atomic E-state index is 12.3. The van der Waals surface area contributed by atoms with E-state index in [4.69, 9.17) is 5.73 Å². The molecule has 1 saturated heterocycles. The number of rotatable bonds is 7. The maximum Gasteiger partial charge on any atom is 0.240 e. The van der Waals surface area contributed by atoms with Crippen molar-refractivity contribution in [2.45, 2.75) is 31.7 Å². The predicted octanol–water partition coefficient (Wildman–Crippen LogP) is 0.401. The molecule has 1 fully saturated rings. The second kappa shape index (κ2) is 8.94. The fourth-order valence-corrected chi connectivity index (χ4v) is 3.86. The molecule has 1 aromatic carbocycles. The van der Waals surface area contributed by atoms with Crippen LogP contribution < -0.4 is 10.5 Å². The summed E-state index contributed by atoms with van der Waals surface area (Å²) in [7, 11) is -3.48. The predicted molar refractivity (Wildman–Crippen MR) is 102 cm³/mol. The van der Waals surface area contributed by atoms with Crippen LogP contribution in [0.1, 0.15) is 19.4 Å². The van der Waals surface area contributed by atoms with Gasteiger partial charge >= 0.3 is 0 Å². The van der Waals surface area contributed by atoms with E-state index in [0.717, 1.165) is 18.7 Å². The maximum absolute atomic E-state index is 12.3. The van der Waals surface area contributed by atoms with E-state index in [1.165, 1.54) is 0 Å². The quantitative estimate of drug-likeness (QED) is 0.712. The van der Waals surface area contributed by atoms with Crippen LogP contribution in [0.2, 0.25) is 0 Å². The first-order valence-corrected chi connectivity index (χ1v) is 10.5. The normalized spacial score (nSPS) is 18.5. The van der Waals surface area contributed by atoms with Crippen LogP contribution in [0.15, 0.2) is 29.2 Å². The summed E-state index contributed by atoms with van der Waals surface area (Å²) in [6.45, 7) is 9.38. The van der Waals surface area contributed by atoms with Gasteiger partial charge in [-0.2, -0.15) is 0 Å². The fourth-order valence-electron chi connectivity index (χ4n) is 2.84. The van der Waals surface area contributed by atoms with Crippen LogP contribution in [-0.4, -0.2) is 69.4 Å².